The summed E-state index contributed by atoms with van der Waals surface area (Å²) in [5, 5.41) is 3.95. The molecule has 0 saturated heterocycles. The van der Waals surface area contributed by atoms with Crippen LogP contribution < -0.4 is 10.1 Å². The first-order valence-corrected chi connectivity index (χ1v) is 6.05. The smallest absolute Gasteiger partial charge is 0.142 e. The highest BCUT2D eigenvalue weighted by molar-refractivity contribution is 6.30. The number of rotatable bonds is 4. The fourth-order valence-electron chi connectivity index (χ4n) is 1.94. The van der Waals surface area contributed by atoms with Crippen LogP contribution in [0.2, 0.25) is 5.02 Å². The van der Waals surface area contributed by atoms with Crippen LogP contribution in [0.5, 0.6) is 5.75 Å². The summed E-state index contributed by atoms with van der Waals surface area (Å²) in [5.74, 6) is 0.761. The van der Waals surface area contributed by atoms with Crippen molar-refractivity contribution in [3.05, 3.63) is 58.9 Å². The molecule has 2 aromatic rings. The van der Waals surface area contributed by atoms with Crippen molar-refractivity contribution in [1.82, 2.24) is 10.3 Å². The molecule has 0 spiro atoms. The van der Waals surface area contributed by atoms with Crippen LogP contribution in [0.25, 0.3) is 0 Å². The topological polar surface area (TPSA) is 34.2 Å². The number of methoxy groups -OCH3 is 1. The summed E-state index contributed by atoms with van der Waals surface area (Å²) in [6.45, 7) is 0. The minimum Gasteiger partial charge on any atom is -0.495 e. The van der Waals surface area contributed by atoms with Gasteiger partial charge in [-0.05, 0) is 36.9 Å². The second kappa shape index (κ2) is 5.85. The number of pyridine rings is 1. The highest BCUT2D eigenvalue weighted by Crippen LogP contribution is 2.28. The van der Waals surface area contributed by atoms with Crippen molar-refractivity contribution in [2.24, 2.45) is 0 Å². The maximum absolute atomic E-state index is 6.03. The minimum absolute atomic E-state index is 0.0418. The highest BCUT2D eigenvalue weighted by Gasteiger charge is 2.17. The Balaban J connectivity index is 2.45. The van der Waals surface area contributed by atoms with Crippen molar-refractivity contribution in [3.63, 3.8) is 0 Å². The summed E-state index contributed by atoms with van der Waals surface area (Å²) in [4.78, 5) is 4.40. The molecule has 1 heterocycles. The number of nitrogens with zero attached hydrogens (tertiary/aromatic N) is 1. The lowest BCUT2D eigenvalue weighted by atomic mass is 10.0. The molecule has 0 amide bonds. The van der Waals surface area contributed by atoms with E-state index < -0.39 is 0 Å². The van der Waals surface area contributed by atoms with E-state index in [9.17, 15) is 0 Å². The van der Waals surface area contributed by atoms with Crippen LogP contribution >= 0.6 is 11.6 Å². The number of halogens is 1. The van der Waals surface area contributed by atoms with Crippen LogP contribution in [-0.2, 0) is 0 Å². The van der Waals surface area contributed by atoms with E-state index in [1.54, 1.807) is 13.3 Å². The molecule has 18 heavy (non-hydrogen) atoms. The third-order valence-electron chi connectivity index (χ3n) is 2.76. The molecule has 0 saturated carbocycles. The van der Waals surface area contributed by atoms with Gasteiger partial charge < -0.3 is 10.1 Å². The van der Waals surface area contributed by atoms with Gasteiger partial charge in [-0.25, -0.2) is 0 Å². The lowest BCUT2D eigenvalue weighted by Crippen LogP contribution is -2.19. The van der Waals surface area contributed by atoms with Crippen LogP contribution in [-0.4, -0.2) is 19.1 Å². The lowest BCUT2D eigenvalue weighted by Gasteiger charge is -2.18. The Hall–Kier alpha value is -1.58. The van der Waals surface area contributed by atoms with Gasteiger partial charge in [0.1, 0.15) is 11.4 Å². The van der Waals surface area contributed by atoms with Gasteiger partial charge in [-0.2, -0.15) is 0 Å². The summed E-state index contributed by atoms with van der Waals surface area (Å²) in [7, 11) is 3.53. The molecule has 0 fully saturated rings. The van der Waals surface area contributed by atoms with Crippen molar-refractivity contribution in [1.29, 1.82) is 0 Å². The van der Waals surface area contributed by atoms with Crippen LogP contribution in [0, 0.1) is 0 Å². The van der Waals surface area contributed by atoms with Gasteiger partial charge in [0.25, 0.3) is 0 Å². The van der Waals surface area contributed by atoms with Crippen LogP contribution in [0.1, 0.15) is 17.3 Å². The van der Waals surface area contributed by atoms with Crippen molar-refractivity contribution >= 4 is 11.6 Å². The molecule has 2 rings (SSSR count). The van der Waals surface area contributed by atoms with Gasteiger partial charge in [0.2, 0.25) is 0 Å². The maximum Gasteiger partial charge on any atom is 0.142 e. The number of nitrogens with one attached hydrogen (secondary N) is 1. The molecule has 0 aliphatic rings. The zero-order valence-corrected chi connectivity index (χ0v) is 11.1. The second-order valence-corrected chi connectivity index (χ2v) is 4.30. The second-order valence-electron chi connectivity index (χ2n) is 3.87. The fourth-order valence-corrected chi connectivity index (χ4v) is 2.14. The third-order valence-corrected chi connectivity index (χ3v) is 3.00. The van der Waals surface area contributed by atoms with E-state index in [4.69, 9.17) is 16.3 Å². The zero-order valence-electron chi connectivity index (χ0n) is 10.4. The predicted octanol–water partition coefficient (Wildman–Crippen LogP) is 3.05. The minimum atomic E-state index is -0.0418. The van der Waals surface area contributed by atoms with Crippen molar-refractivity contribution < 1.29 is 4.74 Å². The standard InChI is InChI=1S/C14H15ClN2O/c1-16-13(10-5-3-6-11(15)9-10)14-12(18-2)7-4-8-17-14/h3-9,13,16H,1-2H3. The normalized spacial score (nSPS) is 12.2. The highest BCUT2D eigenvalue weighted by atomic mass is 35.5. The van der Waals surface area contributed by atoms with E-state index in [1.807, 2.05) is 43.4 Å². The SMILES string of the molecule is CNC(c1cccc(Cl)c1)c1ncccc1OC. The Morgan fingerprint density at radius 1 is 1.28 bits per heavy atom. The summed E-state index contributed by atoms with van der Waals surface area (Å²) in [5.41, 5.74) is 1.91. The first-order chi connectivity index (χ1) is 8.76. The van der Waals surface area contributed by atoms with Gasteiger partial charge >= 0.3 is 0 Å². The molecule has 3 nitrogen and oxygen atoms in total. The van der Waals surface area contributed by atoms with Crippen LogP contribution in [0.3, 0.4) is 0 Å². The summed E-state index contributed by atoms with van der Waals surface area (Å²) < 4.78 is 5.34. The molecule has 0 aliphatic carbocycles. The average molecular weight is 263 g/mol. The Kier molecular flexibility index (Phi) is 4.18. The molecule has 1 aromatic carbocycles. The molecule has 1 aromatic heterocycles. The number of hydrogen-bond acceptors (Lipinski definition) is 3. The molecule has 0 bridgehead atoms. The van der Waals surface area contributed by atoms with Crippen LogP contribution in [0.15, 0.2) is 42.6 Å². The largest absolute Gasteiger partial charge is 0.495 e. The maximum atomic E-state index is 6.03. The lowest BCUT2D eigenvalue weighted by molar-refractivity contribution is 0.401. The van der Waals surface area contributed by atoms with Gasteiger partial charge in [0, 0.05) is 11.2 Å². The zero-order chi connectivity index (χ0) is 13.0. The molecule has 1 N–H and O–H groups in total. The van der Waals surface area contributed by atoms with E-state index in [0.29, 0.717) is 5.02 Å². The molecule has 4 heteroatoms. The number of aromatic nitrogens is 1. The molecule has 94 valence electrons. The first-order valence-electron chi connectivity index (χ1n) is 5.68. The van der Waals surface area contributed by atoms with Gasteiger partial charge in [-0.3, -0.25) is 4.98 Å². The summed E-state index contributed by atoms with van der Waals surface area (Å²) >= 11 is 6.03. The molecular formula is C14H15ClN2O. The Bertz CT molecular complexity index is 531. The average Bonchev–Trinajstić information content (AvgIpc) is 2.40. The van der Waals surface area contributed by atoms with E-state index in [2.05, 4.69) is 10.3 Å². The Labute approximate surface area is 112 Å². The van der Waals surface area contributed by atoms with E-state index in [1.165, 1.54) is 0 Å². The summed E-state index contributed by atoms with van der Waals surface area (Å²) in [6.07, 6.45) is 1.76. The molecule has 1 unspecified atom stereocenters. The Morgan fingerprint density at radius 3 is 2.78 bits per heavy atom. The monoisotopic (exact) mass is 262 g/mol. The fraction of sp³-hybridized carbons (Fsp3) is 0.214. The third kappa shape index (κ3) is 2.63. The van der Waals surface area contributed by atoms with Crippen molar-refractivity contribution in [3.8, 4) is 5.75 Å². The molecule has 0 aliphatic heterocycles. The van der Waals surface area contributed by atoms with E-state index in [-0.39, 0.29) is 6.04 Å². The molecule has 1 atom stereocenters. The quantitative estimate of drug-likeness (QED) is 0.920. The van der Waals surface area contributed by atoms with Crippen molar-refractivity contribution in [2.45, 2.75) is 6.04 Å². The first kappa shape index (κ1) is 12.9. The molecule has 0 radical (unpaired) electrons. The van der Waals surface area contributed by atoms with Gasteiger partial charge in [0.15, 0.2) is 0 Å². The predicted molar refractivity (Wildman–Crippen MR) is 73.1 cm³/mol. The van der Waals surface area contributed by atoms with E-state index >= 15 is 0 Å². The van der Waals surface area contributed by atoms with Crippen molar-refractivity contribution in [2.75, 3.05) is 14.2 Å². The van der Waals surface area contributed by atoms with Gasteiger partial charge in [0.05, 0.1) is 13.2 Å². The number of ether oxygens (including phenoxy) is 1. The Morgan fingerprint density at radius 2 is 2.11 bits per heavy atom. The van der Waals surface area contributed by atoms with Crippen LogP contribution in [0.4, 0.5) is 0 Å². The van der Waals surface area contributed by atoms with E-state index in [0.717, 1.165) is 17.0 Å². The van der Waals surface area contributed by atoms with Gasteiger partial charge in [-0.1, -0.05) is 23.7 Å². The summed E-state index contributed by atoms with van der Waals surface area (Å²) in [6, 6.07) is 11.4. The number of hydrogen-bond donors (Lipinski definition) is 1. The van der Waals surface area contributed by atoms with Gasteiger partial charge in [-0.15, -0.1) is 0 Å². The molecular weight excluding hydrogens is 248 g/mol. The number of benzene rings is 1.